The molecule has 0 saturated carbocycles. The van der Waals surface area contributed by atoms with E-state index in [-0.39, 0.29) is 42.8 Å². The van der Waals surface area contributed by atoms with Gasteiger partial charge in [0.05, 0.1) is 5.75 Å². The lowest BCUT2D eigenvalue weighted by Crippen LogP contribution is -2.36. The van der Waals surface area contributed by atoms with Gasteiger partial charge >= 0.3 is 0 Å². The van der Waals surface area contributed by atoms with E-state index in [4.69, 9.17) is 0 Å². The summed E-state index contributed by atoms with van der Waals surface area (Å²) in [5, 5.41) is 15.1. The number of benzene rings is 2. The molecule has 0 spiro atoms. The third-order valence-corrected chi connectivity index (χ3v) is 4.56. The van der Waals surface area contributed by atoms with Gasteiger partial charge in [0.1, 0.15) is 5.82 Å². The van der Waals surface area contributed by atoms with Gasteiger partial charge in [-0.25, -0.2) is 17.2 Å². The van der Waals surface area contributed by atoms with E-state index in [1.54, 1.807) is 6.07 Å². The van der Waals surface area contributed by atoms with Crippen LogP contribution in [0.25, 0.3) is 0 Å². The standard InChI is InChI=1S/C18H21F2N3O3S.HI/c1-21-18(22-9-12-3-6-17(24)16(20)7-12)23-10-14-8-15(19)5-4-13(14)11-27(2,25)26;/h3-8,24H,9-11H2,1-2H3,(H2,21,22,23);1H. The van der Waals surface area contributed by atoms with Crippen molar-refractivity contribution in [2.45, 2.75) is 18.8 Å². The van der Waals surface area contributed by atoms with E-state index >= 15 is 0 Å². The van der Waals surface area contributed by atoms with Crippen LogP contribution >= 0.6 is 24.0 Å². The van der Waals surface area contributed by atoms with Gasteiger partial charge < -0.3 is 15.7 Å². The number of nitrogens with one attached hydrogen (secondary N) is 2. The summed E-state index contributed by atoms with van der Waals surface area (Å²) in [6.07, 6.45) is 1.12. The van der Waals surface area contributed by atoms with Crippen molar-refractivity contribution in [2.24, 2.45) is 4.99 Å². The second kappa shape index (κ2) is 10.6. The van der Waals surface area contributed by atoms with E-state index in [9.17, 15) is 22.3 Å². The van der Waals surface area contributed by atoms with Gasteiger partial charge in [-0.15, -0.1) is 24.0 Å². The van der Waals surface area contributed by atoms with Crippen LogP contribution in [0.3, 0.4) is 0 Å². The highest BCUT2D eigenvalue weighted by molar-refractivity contribution is 14.0. The molecule has 0 bridgehead atoms. The molecule has 2 aromatic rings. The first-order valence-corrected chi connectivity index (χ1v) is 10.1. The molecule has 28 heavy (non-hydrogen) atoms. The molecule has 0 amide bonds. The third kappa shape index (κ3) is 7.58. The number of phenolic OH excluding ortho intramolecular Hbond substituents is 1. The van der Waals surface area contributed by atoms with Crippen LogP contribution in [-0.2, 0) is 28.7 Å². The van der Waals surface area contributed by atoms with E-state index in [0.29, 0.717) is 22.6 Å². The van der Waals surface area contributed by atoms with Crippen LogP contribution < -0.4 is 10.6 Å². The van der Waals surface area contributed by atoms with Gasteiger partial charge in [0.2, 0.25) is 0 Å². The van der Waals surface area contributed by atoms with Crippen molar-refractivity contribution < 1.29 is 22.3 Å². The lowest BCUT2D eigenvalue weighted by Gasteiger charge is -2.14. The third-order valence-electron chi connectivity index (χ3n) is 3.73. The van der Waals surface area contributed by atoms with Crippen molar-refractivity contribution in [2.75, 3.05) is 13.3 Å². The predicted octanol–water partition coefficient (Wildman–Crippen LogP) is 2.70. The molecule has 0 aliphatic rings. The van der Waals surface area contributed by atoms with Crippen LogP contribution in [0.2, 0.25) is 0 Å². The molecule has 6 nitrogen and oxygen atoms in total. The zero-order valence-electron chi connectivity index (χ0n) is 15.4. The number of nitrogens with zero attached hydrogens (tertiary/aromatic N) is 1. The minimum absolute atomic E-state index is 0. The molecule has 0 heterocycles. The molecule has 0 unspecified atom stereocenters. The minimum atomic E-state index is -3.26. The van der Waals surface area contributed by atoms with Gasteiger partial charge in [-0.2, -0.15) is 0 Å². The van der Waals surface area contributed by atoms with Gasteiger partial charge in [-0.1, -0.05) is 12.1 Å². The normalized spacial score (nSPS) is 11.6. The SMILES string of the molecule is CN=C(NCc1ccc(O)c(F)c1)NCc1cc(F)ccc1CS(C)(=O)=O.I. The van der Waals surface area contributed by atoms with Gasteiger partial charge in [0, 0.05) is 26.4 Å². The molecule has 0 aliphatic carbocycles. The summed E-state index contributed by atoms with van der Waals surface area (Å²) < 4.78 is 50.0. The van der Waals surface area contributed by atoms with Crippen LogP contribution in [0.15, 0.2) is 41.4 Å². The van der Waals surface area contributed by atoms with Crippen LogP contribution in [-0.4, -0.2) is 32.8 Å². The summed E-state index contributed by atoms with van der Waals surface area (Å²) in [4.78, 5) is 4.02. The fourth-order valence-electron chi connectivity index (χ4n) is 2.43. The van der Waals surface area contributed by atoms with Gasteiger partial charge in [0.25, 0.3) is 0 Å². The highest BCUT2D eigenvalue weighted by atomic mass is 127. The van der Waals surface area contributed by atoms with Crippen LogP contribution in [0.5, 0.6) is 5.75 Å². The monoisotopic (exact) mass is 525 g/mol. The lowest BCUT2D eigenvalue weighted by atomic mass is 10.1. The Morgan fingerprint density at radius 3 is 2.36 bits per heavy atom. The second-order valence-corrected chi connectivity index (χ2v) is 8.19. The number of aliphatic imine (C=N–C) groups is 1. The fraction of sp³-hybridized carbons (Fsp3) is 0.278. The molecule has 10 heteroatoms. The molecular formula is C18H22F2IN3O3S. The van der Waals surface area contributed by atoms with Crippen molar-refractivity contribution in [1.82, 2.24) is 10.6 Å². The molecule has 0 fully saturated rings. The lowest BCUT2D eigenvalue weighted by molar-refractivity contribution is 0.431. The van der Waals surface area contributed by atoms with Crippen LogP contribution in [0.1, 0.15) is 16.7 Å². The number of sulfone groups is 1. The summed E-state index contributed by atoms with van der Waals surface area (Å²) in [6, 6.07) is 7.96. The molecule has 0 aliphatic heterocycles. The molecular weight excluding hydrogens is 503 g/mol. The number of hydrogen-bond donors (Lipinski definition) is 3. The number of rotatable bonds is 6. The Morgan fingerprint density at radius 2 is 1.75 bits per heavy atom. The maximum absolute atomic E-state index is 13.5. The second-order valence-electron chi connectivity index (χ2n) is 6.05. The van der Waals surface area contributed by atoms with Crippen molar-refractivity contribution in [3.05, 3.63) is 64.7 Å². The number of halogens is 3. The quantitative estimate of drug-likeness (QED) is 0.307. The zero-order valence-corrected chi connectivity index (χ0v) is 18.5. The summed E-state index contributed by atoms with van der Waals surface area (Å²) >= 11 is 0. The predicted molar refractivity (Wildman–Crippen MR) is 115 cm³/mol. The topological polar surface area (TPSA) is 90.8 Å². The molecule has 0 atom stereocenters. The zero-order chi connectivity index (χ0) is 20.0. The van der Waals surface area contributed by atoms with Gasteiger partial charge in [-0.3, -0.25) is 4.99 Å². The van der Waals surface area contributed by atoms with Gasteiger partial charge in [-0.05, 0) is 41.0 Å². The van der Waals surface area contributed by atoms with Crippen molar-refractivity contribution in [3.63, 3.8) is 0 Å². The Balaban J connectivity index is 0.00000392. The maximum atomic E-state index is 13.5. The summed E-state index contributed by atoms with van der Waals surface area (Å²) in [5.74, 6) is -1.43. The maximum Gasteiger partial charge on any atom is 0.191 e. The summed E-state index contributed by atoms with van der Waals surface area (Å²) in [7, 11) is -1.73. The van der Waals surface area contributed by atoms with E-state index < -0.39 is 27.2 Å². The molecule has 0 radical (unpaired) electrons. The number of hydrogen-bond acceptors (Lipinski definition) is 4. The molecule has 154 valence electrons. The largest absolute Gasteiger partial charge is 0.505 e. The van der Waals surface area contributed by atoms with Crippen molar-refractivity contribution >= 4 is 39.8 Å². The minimum Gasteiger partial charge on any atom is -0.505 e. The van der Waals surface area contributed by atoms with Gasteiger partial charge in [0.15, 0.2) is 27.4 Å². The first-order valence-electron chi connectivity index (χ1n) is 8.05. The average Bonchev–Trinajstić information content (AvgIpc) is 2.59. The Bertz CT molecular complexity index is 953. The van der Waals surface area contributed by atoms with E-state index in [1.165, 1.54) is 37.4 Å². The molecule has 3 N–H and O–H groups in total. The highest BCUT2D eigenvalue weighted by Gasteiger charge is 2.11. The van der Waals surface area contributed by atoms with E-state index in [2.05, 4.69) is 15.6 Å². The smallest absolute Gasteiger partial charge is 0.191 e. The average molecular weight is 525 g/mol. The molecule has 2 aromatic carbocycles. The Hall–Kier alpha value is -1.95. The molecule has 0 aromatic heterocycles. The number of guanidine groups is 1. The van der Waals surface area contributed by atoms with Crippen molar-refractivity contribution in [1.29, 1.82) is 0 Å². The first-order chi connectivity index (χ1) is 12.7. The van der Waals surface area contributed by atoms with E-state index in [0.717, 1.165) is 6.26 Å². The first kappa shape index (κ1) is 24.1. The summed E-state index contributed by atoms with van der Waals surface area (Å²) in [6.45, 7) is 0.405. The summed E-state index contributed by atoms with van der Waals surface area (Å²) in [5.41, 5.74) is 1.60. The number of phenols is 1. The number of aromatic hydroxyl groups is 1. The van der Waals surface area contributed by atoms with Crippen LogP contribution in [0, 0.1) is 11.6 Å². The Labute approximate surface area is 180 Å². The molecule has 0 saturated heterocycles. The highest BCUT2D eigenvalue weighted by Crippen LogP contribution is 2.16. The van der Waals surface area contributed by atoms with Crippen LogP contribution in [0.4, 0.5) is 8.78 Å². The van der Waals surface area contributed by atoms with E-state index in [1.807, 2.05) is 0 Å². The fourth-order valence-corrected chi connectivity index (χ4v) is 3.27. The Kier molecular flexibility index (Phi) is 9.08. The molecule has 2 rings (SSSR count). The van der Waals surface area contributed by atoms with Crippen molar-refractivity contribution in [3.8, 4) is 5.75 Å². The Morgan fingerprint density at radius 1 is 1.07 bits per heavy atom.